The first kappa shape index (κ1) is 15.6. The second-order valence-electron chi connectivity index (χ2n) is 7.04. The summed E-state index contributed by atoms with van der Waals surface area (Å²) in [7, 11) is 0. The van der Waals surface area contributed by atoms with Crippen LogP contribution in [0.3, 0.4) is 0 Å². The van der Waals surface area contributed by atoms with Gasteiger partial charge in [0.1, 0.15) is 0 Å². The molecule has 3 nitrogen and oxygen atoms in total. The summed E-state index contributed by atoms with van der Waals surface area (Å²) >= 11 is 0. The maximum absolute atomic E-state index is 11.1. The Balaban J connectivity index is 1.95. The Morgan fingerprint density at radius 2 is 2.10 bits per heavy atom. The van der Waals surface area contributed by atoms with Crippen LogP contribution in [0, 0.1) is 11.3 Å². The van der Waals surface area contributed by atoms with Gasteiger partial charge in [-0.1, -0.05) is 18.6 Å². The van der Waals surface area contributed by atoms with Crippen LogP contribution < -0.4 is 0 Å². The molecule has 3 fully saturated rings. The molecule has 3 heteroatoms. The molecule has 2 bridgehead atoms. The van der Waals surface area contributed by atoms with Crippen molar-refractivity contribution >= 4 is 5.97 Å². The quantitative estimate of drug-likeness (QED) is 0.566. The molecule has 1 saturated carbocycles. The standard InChI is InChI=1S/C17H28O3/c1-13(2)6-5-7-17-9-8-16(12-20-17,14(3)10-17)11-19-15(4)18/h6,14H,5,7-12H2,1-4H3/t14-,16+,17-/m1/s1. The lowest BCUT2D eigenvalue weighted by Gasteiger charge is -2.56. The Hall–Kier alpha value is -0.830. The van der Waals surface area contributed by atoms with Gasteiger partial charge in [0.15, 0.2) is 0 Å². The highest BCUT2D eigenvalue weighted by Gasteiger charge is 2.53. The number of allylic oxidation sites excluding steroid dienone is 2. The number of carbonyl (C=O) groups excluding carboxylic acids is 1. The fourth-order valence-electron chi connectivity index (χ4n) is 3.67. The van der Waals surface area contributed by atoms with E-state index in [9.17, 15) is 4.79 Å². The monoisotopic (exact) mass is 280 g/mol. The fourth-order valence-corrected chi connectivity index (χ4v) is 3.67. The normalized spacial score (nSPS) is 35.7. The van der Waals surface area contributed by atoms with E-state index in [-0.39, 0.29) is 17.0 Å². The molecule has 0 radical (unpaired) electrons. The number of fused-ring (bicyclic) bond motifs is 3. The number of hydrogen-bond acceptors (Lipinski definition) is 3. The Bertz CT molecular complexity index is 385. The fraction of sp³-hybridized carbons (Fsp3) is 0.824. The van der Waals surface area contributed by atoms with Gasteiger partial charge in [0.05, 0.1) is 18.8 Å². The minimum atomic E-state index is -0.183. The van der Waals surface area contributed by atoms with Crippen molar-refractivity contribution in [2.45, 2.75) is 65.4 Å². The lowest BCUT2D eigenvalue weighted by atomic mass is 9.59. The van der Waals surface area contributed by atoms with E-state index >= 15 is 0 Å². The third-order valence-electron chi connectivity index (χ3n) is 5.18. The maximum atomic E-state index is 11.1. The van der Waals surface area contributed by atoms with Crippen LogP contribution in [-0.2, 0) is 14.3 Å². The van der Waals surface area contributed by atoms with E-state index in [1.807, 2.05) is 0 Å². The molecule has 3 rings (SSSR count). The van der Waals surface area contributed by atoms with Gasteiger partial charge in [-0.15, -0.1) is 0 Å². The van der Waals surface area contributed by atoms with E-state index < -0.39 is 0 Å². The summed E-state index contributed by atoms with van der Waals surface area (Å²) in [6.45, 7) is 9.34. The van der Waals surface area contributed by atoms with Crippen LogP contribution >= 0.6 is 0 Å². The average molecular weight is 280 g/mol. The van der Waals surface area contributed by atoms with Crippen molar-refractivity contribution in [3.63, 3.8) is 0 Å². The summed E-state index contributed by atoms with van der Waals surface area (Å²) in [4.78, 5) is 11.1. The molecule has 0 unspecified atom stereocenters. The largest absolute Gasteiger partial charge is 0.465 e. The van der Waals surface area contributed by atoms with Gasteiger partial charge in [0.2, 0.25) is 0 Å². The summed E-state index contributed by atoms with van der Waals surface area (Å²) in [5, 5.41) is 0. The van der Waals surface area contributed by atoms with Crippen LogP contribution in [0.2, 0.25) is 0 Å². The van der Waals surface area contributed by atoms with E-state index in [0.717, 1.165) is 38.7 Å². The van der Waals surface area contributed by atoms with Gasteiger partial charge in [-0.2, -0.15) is 0 Å². The SMILES string of the molecule is CC(=O)OC[C@]12CC[C@](CCC=C(C)C)(C[C@H]1C)OC2. The Labute approximate surface area is 122 Å². The zero-order valence-electron chi connectivity index (χ0n) is 13.3. The van der Waals surface area contributed by atoms with Gasteiger partial charge in [-0.25, -0.2) is 0 Å². The maximum Gasteiger partial charge on any atom is 0.302 e. The van der Waals surface area contributed by atoms with Crippen molar-refractivity contribution in [3.05, 3.63) is 11.6 Å². The number of esters is 1. The predicted octanol–water partition coefficient (Wildman–Crippen LogP) is 3.87. The first-order valence-corrected chi connectivity index (χ1v) is 7.78. The molecule has 0 amide bonds. The van der Waals surface area contributed by atoms with Crippen molar-refractivity contribution in [1.82, 2.24) is 0 Å². The van der Waals surface area contributed by atoms with Gasteiger partial charge in [-0.05, 0) is 51.9 Å². The summed E-state index contributed by atoms with van der Waals surface area (Å²) < 4.78 is 11.5. The van der Waals surface area contributed by atoms with Crippen LogP contribution in [-0.4, -0.2) is 24.8 Å². The molecule has 0 spiro atoms. The molecule has 0 aromatic heterocycles. The summed E-state index contributed by atoms with van der Waals surface area (Å²) in [6, 6.07) is 0. The molecule has 0 aromatic rings. The summed E-state index contributed by atoms with van der Waals surface area (Å²) in [6.07, 6.45) is 7.85. The Morgan fingerprint density at radius 3 is 2.60 bits per heavy atom. The Morgan fingerprint density at radius 1 is 1.35 bits per heavy atom. The molecule has 3 aliphatic rings. The second kappa shape index (κ2) is 5.88. The van der Waals surface area contributed by atoms with E-state index in [1.54, 1.807) is 0 Å². The van der Waals surface area contributed by atoms with Gasteiger partial charge < -0.3 is 9.47 Å². The molecule has 3 atom stereocenters. The van der Waals surface area contributed by atoms with Crippen LogP contribution in [0.15, 0.2) is 11.6 Å². The van der Waals surface area contributed by atoms with Crippen LogP contribution in [0.4, 0.5) is 0 Å². The molecule has 114 valence electrons. The lowest BCUT2D eigenvalue weighted by Crippen LogP contribution is -2.57. The molecule has 2 heterocycles. The highest BCUT2D eigenvalue weighted by molar-refractivity contribution is 5.65. The molecule has 0 aromatic carbocycles. The predicted molar refractivity (Wildman–Crippen MR) is 79.4 cm³/mol. The number of ether oxygens (including phenoxy) is 2. The van der Waals surface area contributed by atoms with Crippen LogP contribution in [0.25, 0.3) is 0 Å². The van der Waals surface area contributed by atoms with E-state index in [0.29, 0.717) is 12.5 Å². The van der Waals surface area contributed by atoms with Crippen molar-refractivity contribution in [3.8, 4) is 0 Å². The third-order valence-corrected chi connectivity index (χ3v) is 5.18. The number of rotatable bonds is 5. The number of hydrogen-bond donors (Lipinski definition) is 0. The van der Waals surface area contributed by atoms with E-state index in [2.05, 4.69) is 26.8 Å². The zero-order chi connectivity index (χ0) is 14.8. The first-order chi connectivity index (χ1) is 9.38. The van der Waals surface area contributed by atoms with Gasteiger partial charge >= 0.3 is 5.97 Å². The second-order valence-corrected chi connectivity index (χ2v) is 7.04. The minimum Gasteiger partial charge on any atom is -0.465 e. The average Bonchev–Trinajstić information content (AvgIpc) is 2.37. The van der Waals surface area contributed by atoms with Crippen molar-refractivity contribution in [2.24, 2.45) is 11.3 Å². The smallest absolute Gasteiger partial charge is 0.302 e. The molecular formula is C17H28O3. The van der Waals surface area contributed by atoms with E-state index in [1.165, 1.54) is 12.5 Å². The van der Waals surface area contributed by atoms with Gasteiger partial charge in [0, 0.05) is 12.3 Å². The number of carbonyl (C=O) groups is 1. The molecular weight excluding hydrogens is 252 g/mol. The lowest BCUT2D eigenvalue weighted by molar-refractivity contribution is -0.224. The van der Waals surface area contributed by atoms with Crippen LogP contribution in [0.5, 0.6) is 0 Å². The molecule has 1 aliphatic carbocycles. The van der Waals surface area contributed by atoms with Crippen molar-refractivity contribution in [1.29, 1.82) is 0 Å². The molecule has 0 N–H and O–H groups in total. The van der Waals surface area contributed by atoms with Crippen LogP contribution in [0.1, 0.15) is 59.8 Å². The molecule has 2 aliphatic heterocycles. The topological polar surface area (TPSA) is 35.5 Å². The summed E-state index contributed by atoms with van der Waals surface area (Å²) in [5.41, 5.74) is 1.51. The first-order valence-electron chi connectivity index (χ1n) is 7.78. The molecule has 20 heavy (non-hydrogen) atoms. The van der Waals surface area contributed by atoms with E-state index in [4.69, 9.17) is 9.47 Å². The summed E-state index contributed by atoms with van der Waals surface area (Å²) in [5.74, 6) is 0.383. The zero-order valence-corrected chi connectivity index (χ0v) is 13.3. The van der Waals surface area contributed by atoms with Crippen molar-refractivity contribution in [2.75, 3.05) is 13.2 Å². The van der Waals surface area contributed by atoms with Gasteiger partial charge in [-0.3, -0.25) is 4.79 Å². The van der Waals surface area contributed by atoms with Crippen molar-refractivity contribution < 1.29 is 14.3 Å². The third kappa shape index (κ3) is 3.25. The molecule has 2 saturated heterocycles. The Kier molecular flexibility index (Phi) is 4.58. The highest BCUT2D eigenvalue weighted by atomic mass is 16.5. The minimum absolute atomic E-state index is 0.0595. The van der Waals surface area contributed by atoms with Gasteiger partial charge in [0.25, 0.3) is 0 Å². The highest BCUT2D eigenvalue weighted by Crippen LogP contribution is 2.54.